The monoisotopic (exact) mass is 272 g/mol. The van der Waals surface area contributed by atoms with Crippen molar-refractivity contribution in [2.45, 2.75) is 6.54 Å². The molecule has 17 heavy (non-hydrogen) atoms. The minimum atomic E-state index is 0.671. The topological polar surface area (TPSA) is 47.3 Å². The van der Waals surface area contributed by atoms with Crippen molar-refractivity contribution in [1.82, 2.24) is 10.5 Å². The molecule has 1 N–H and O–H groups in total. The molecule has 0 radical (unpaired) electrons. The molecule has 0 saturated carbocycles. The van der Waals surface area contributed by atoms with E-state index in [9.17, 15) is 0 Å². The van der Waals surface area contributed by atoms with Crippen LogP contribution in [0.5, 0.6) is 0 Å². The van der Waals surface area contributed by atoms with E-state index >= 15 is 0 Å². The number of ether oxygens (including phenoxy) is 1. The van der Waals surface area contributed by atoms with E-state index in [1.807, 2.05) is 17.5 Å². The Balaban J connectivity index is 1.92. The molecule has 0 unspecified atom stereocenters. The number of rotatable bonds is 6. The molecule has 92 valence electrons. The van der Waals surface area contributed by atoms with E-state index < -0.39 is 0 Å². The zero-order valence-electron chi connectivity index (χ0n) is 9.40. The van der Waals surface area contributed by atoms with Crippen molar-refractivity contribution >= 4 is 22.9 Å². The molecule has 2 heterocycles. The third-order valence-corrected chi connectivity index (χ3v) is 3.29. The average molecular weight is 273 g/mol. The van der Waals surface area contributed by atoms with Crippen LogP contribution in [0.15, 0.2) is 22.0 Å². The number of thiophene rings is 1. The highest BCUT2D eigenvalue weighted by Gasteiger charge is 2.08. The predicted octanol–water partition coefficient (Wildman–Crippen LogP) is 2.79. The number of hydrogen-bond acceptors (Lipinski definition) is 5. The first kappa shape index (κ1) is 12.6. The summed E-state index contributed by atoms with van der Waals surface area (Å²) in [6, 6.07) is 3.78. The van der Waals surface area contributed by atoms with Crippen molar-refractivity contribution in [3.05, 3.63) is 27.5 Å². The third kappa shape index (κ3) is 3.54. The molecular weight excluding hydrogens is 260 g/mol. The van der Waals surface area contributed by atoms with Crippen LogP contribution < -0.4 is 5.32 Å². The summed E-state index contributed by atoms with van der Waals surface area (Å²) in [6.45, 7) is 2.15. The van der Waals surface area contributed by atoms with Crippen LogP contribution in [-0.2, 0) is 11.3 Å². The number of halogens is 1. The van der Waals surface area contributed by atoms with Gasteiger partial charge in [0, 0.05) is 37.2 Å². The molecule has 0 aliphatic carbocycles. The van der Waals surface area contributed by atoms with Crippen molar-refractivity contribution in [3.63, 3.8) is 0 Å². The van der Waals surface area contributed by atoms with E-state index in [-0.39, 0.29) is 0 Å². The second-order valence-electron chi connectivity index (χ2n) is 3.49. The highest BCUT2D eigenvalue weighted by molar-refractivity contribution is 7.14. The van der Waals surface area contributed by atoms with Crippen LogP contribution in [0.1, 0.15) is 5.69 Å². The smallest absolute Gasteiger partial charge is 0.168 e. The average Bonchev–Trinajstić information content (AvgIpc) is 2.93. The van der Waals surface area contributed by atoms with Gasteiger partial charge in [0.2, 0.25) is 0 Å². The number of hydrogen-bond donors (Lipinski definition) is 1. The molecule has 4 nitrogen and oxygen atoms in total. The van der Waals surface area contributed by atoms with Gasteiger partial charge in [0.15, 0.2) is 5.76 Å². The zero-order valence-corrected chi connectivity index (χ0v) is 11.0. The van der Waals surface area contributed by atoms with Gasteiger partial charge in [-0.05, 0) is 6.07 Å². The second kappa shape index (κ2) is 6.16. The Morgan fingerprint density at radius 1 is 1.53 bits per heavy atom. The molecule has 0 spiro atoms. The van der Waals surface area contributed by atoms with Gasteiger partial charge in [-0.25, -0.2) is 0 Å². The molecule has 0 aliphatic rings. The van der Waals surface area contributed by atoms with Gasteiger partial charge in [-0.1, -0.05) is 16.8 Å². The van der Waals surface area contributed by atoms with Crippen LogP contribution >= 0.6 is 22.9 Å². The SMILES string of the molecule is COCCNCc1cc(-c2csc(Cl)c2)on1. The van der Waals surface area contributed by atoms with Gasteiger partial charge in [-0.3, -0.25) is 0 Å². The Labute approximate surface area is 109 Å². The number of aromatic nitrogens is 1. The maximum Gasteiger partial charge on any atom is 0.168 e. The standard InChI is InChI=1S/C11H13ClN2O2S/c1-15-3-2-13-6-9-5-10(16-14-9)8-4-11(12)17-7-8/h4-5,7,13H,2-3,6H2,1H3. The first-order chi connectivity index (χ1) is 8.29. The molecule has 2 aromatic heterocycles. The molecule has 0 saturated heterocycles. The molecule has 0 atom stereocenters. The summed E-state index contributed by atoms with van der Waals surface area (Å²) in [5, 5.41) is 9.13. The van der Waals surface area contributed by atoms with Gasteiger partial charge in [0.1, 0.15) is 0 Å². The maximum atomic E-state index is 5.87. The van der Waals surface area contributed by atoms with E-state index in [2.05, 4.69) is 10.5 Å². The van der Waals surface area contributed by atoms with Crippen LogP contribution in [0.4, 0.5) is 0 Å². The summed E-state index contributed by atoms with van der Waals surface area (Å²) in [5.74, 6) is 0.747. The summed E-state index contributed by atoms with van der Waals surface area (Å²) >= 11 is 7.34. The first-order valence-electron chi connectivity index (χ1n) is 5.19. The summed E-state index contributed by atoms with van der Waals surface area (Å²) in [4.78, 5) is 0. The molecule has 0 bridgehead atoms. The first-order valence-corrected chi connectivity index (χ1v) is 6.45. The Morgan fingerprint density at radius 2 is 2.41 bits per heavy atom. The molecule has 0 amide bonds. The Bertz CT molecular complexity index is 469. The molecule has 6 heteroatoms. The molecule has 0 aromatic carbocycles. The van der Waals surface area contributed by atoms with Gasteiger partial charge >= 0.3 is 0 Å². The fourth-order valence-electron chi connectivity index (χ4n) is 1.36. The third-order valence-electron chi connectivity index (χ3n) is 2.20. The zero-order chi connectivity index (χ0) is 12.1. The lowest BCUT2D eigenvalue weighted by molar-refractivity contribution is 0.199. The quantitative estimate of drug-likeness (QED) is 0.822. The molecule has 0 aliphatic heterocycles. The fraction of sp³-hybridized carbons (Fsp3) is 0.364. The molecule has 0 fully saturated rings. The van der Waals surface area contributed by atoms with Gasteiger partial charge < -0.3 is 14.6 Å². The van der Waals surface area contributed by atoms with Crippen molar-refractivity contribution in [2.75, 3.05) is 20.3 Å². The highest BCUT2D eigenvalue weighted by Crippen LogP contribution is 2.28. The van der Waals surface area contributed by atoms with Crippen LogP contribution in [-0.4, -0.2) is 25.4 Å². The van der Waals surface area contributed by atoms with E-state index in [1.54, 1.807) is 7.11 Å². The predicted molar refractivity (Wildman–Crippen MR) is 68.4 cm³/mol. The van der Waals surface area contributed by atoms with E-state index in [4.69, 9.17) is 20.9 Å². The summed E-state index contributed by atoms with van der Waals surface area (Å²) < 4.78 is 10.9. The summed E-state index contributed by atoms with van der Waals surface area (Å²) in [7, 11) is 1.68. The van der Waals surface area contributed by atoms with Gasteiger partial charge in [0.25, 0.3) is 0 Å². The highest BCUT2D eigenvalue weighted by atomic mass is 35.5. The lowest BCUT2D eigenvalue weighted by Crippen LogP contribution is -2.18. The van der Waals surface area contributed by atoms with Crippen molar-refractivity contribution < 1.29 is 9.26 Å². The second-order valence-corrected chi connectivity index (χ2v) is 5.03. The van der Waals surface area contributed by atoms with Crippen molar-refractivity contribution in [3.8, 4) is 11.3 Å². The van der Waals surface area contributed by atoms with Gasteiger partial charge in [-0.2, -0.15) is 0 Å². The molecule has 2 rings (SSSR count). The maximum absolute atomic E-state index is 5.87. The van der Waals surface area contributed by atoms with E-state index in [1.165, 1.54) is 11.3 Å². The fourth-order valence-corrected chi connectivity index (χ4v) is 2.23. The largest absolute Gasteiger partial charge is 0.383 e. The van der Waals surface area contributed by atoms with Gasteiger partial charge in [0.05, 0.1) is 16.6 Å². The van der Waals surface area contributed by atoms with Gasteiger partial charge in [-0.15, -0.1) is 11.3 Å². The van der Waals surface area contributed by atoms with Crippen LogP contribution in [0.25, 0.3) is 11.3 Å². The Kier molecular flexibility index (Phi) is 4.56. The molecular formula is C11H13ClN2O2S. The number of nitrogens with zero attached hydrogens (tertiary/aromatic N) is 1. The van der Waals surface area contributed by atoms with Crippen LogP contribution in [0.3, 0.4) is 0 Å². The van der Waals surface area contributed by atoms with Crippen LogP contribution in [0, 0.1) is 0 Å². The lowest BCUT2D eigenvalue weighted by Gasteiger charge is -1.99. The number of methoxy groups -OCH3 is 1. The van der Waals surface area contributed by atoms with Crippen LogP contribution in [0.2, 0.25) is 4.34 Å². The Hall–Kier alpha value is -0.880. The normalized spacial score (nSPS) is 10.9. The lowest BCUT2D eigenvalue weighted by atomic mass is 10.2. The number of nitrogens with one attached hydrogen (secondary N) is 1. The Morgan fingerprint density at radius 3 is 3.12 bits per heavy atom. The van der Waals surface area contributed by atoms with Crippen molar-refractivity contribution in [2.24, 2.45) is 0 Å². The summed E-state index contributed by atoms with van der Waals surface area (Å²) in [6.07, 6.45) is 0. The minimum absolute atomic E-state index is 0.671. The minimum Gasteiger partial charge on any atom is -0.383 e. The summed E-state index contributed by atoms with van der Waals surface area (Å²) in [5.41, 5.74) is 1.84. The molecule has 2 aromatic rings. The van der Waals surface area contributed by atoms with E-state index in [0.717, 1.165) is 27.9 Å². The van der Waals surface area contributed by atoms with E-state index in [0.29, 0.717) is 13.2 Å². The van der Waals surface area contributed by atoms with Crippen molar-refractivity contribution in [1.29, 1.82) is 0 Å².